The fourth-order valence-electron chi connectivity index (χ4n) is 4.24. The van der Waals surface area contributed by atoms with Crippen LogP contribution in [0.2, 0.25) is 0 Å². The maximum absolute atomic E-state index is 4.30. The van der Waals surface area contributed by atoms with Gasteiger partial charge in [-0.3, -0.25) is 9.80 Å². The Morgan fingerprint density at radius 1 is 1.20 bits per heavy atom. The number of rotatable bonds is 5. The number of likely N-dealkylation sites (tertiary alicyclic amines) is 1. The Labute approximate surface area is 150 Å². The van der Waals surface area contributed by atoms with Crippen molar-refractivity contribution in [1.29, 1.82) is 0 Å². The number of hydrogen-bond donors (Lipinski definition) is 0. The molecule has 5 heteroatoms. The maximum atomic E-state index is 4.30. The van der Waals surface area contributed by atoms with E-state index in [1.807, 2.05) is 14.0 Å². The van der Waals surface area contributed by atoms with Gasteiger partial charge in [-0.05, 0) is 56.3 Å². The second-order valence-electron chi connectivity index (χ2n) is 7.77. The Balaban J connectivity index is 1.34. The number of fused-ring (bicyclic) bond motifs is 1. The summed E-state index contributed by atoms with van der Waals surface area (Å²) in [6, 6.07) is 7.74. The van der Waals surface area contributed by atoms with Gasteiger partial charge in [0.1, 0.15) is 11.6 Å². The quantitative estimate of drug-likeness (QED) is 0.838. The van der Waals surface area contributed by atoms with Crippen molar-refractivity contribution in [1.82, 2.24) is 24.6 Å². The average molecular weight is 339 g/mol. The Morgan fingerprint density at radius 2 is 2.04 bits per heavy atom. The predicted octanol–water partition coefficient (Wildman–Crippen LogP) is 2.32. The summed E-state index contributed by atoms with van der Waals surface area (Å²) in [5, 5.41) is 8.48. The van der Waals surface area contributed by atoms with Crippen LogP contribution in [0.25, 0.3) is 0 Å². The number of hydrogen-bond acceptors (Lipinski definition) is 4. The molecule has 0 bridgehead atoms. The van der Waals surface area contributed by atoms with E-state index in [2.05, 4.69) is 49.8 Å². The van der Waals surface area contributed by atoms with Gasteiger partial charge in [0, 0.05) is 32.7 Å². The molecule has 0 saturated carbocycles. The SMILES string of the molecule is Cc1nnc(CN(C)C2CCN(Cc3ccc4c(c3)CCC4)C2)n1C. The number of aryl methyl sites for hydroxylation is 3. The summed E-state index contributed by atoms with van der Waals surface area (Å²) in [4.78, 5) is 5.03. The normalized spacial score (nSPS) is 20.6. The van der Waals surface area contributed by atoms with Gasteiger partial charge in [0.25, 0.3) is 0 Å². The van der Waals surface area contributed by atoms with Crippen LogP contribution in [0.1, 0.15) is 41.2 Å². The van der Waals surface area contributed by atoms with E-state index in [0.717, 1.165) is 31.3 Å². The van der Waals surface area contributed by atoms with Crippen molar-refractivity contribution in [2.75, 3.05) is 20.1 Å². The molecule has 1 aliphatic heterocycles. The lowest BCUT2D eigenvalue weighted by molar-refractivity contribution is 0.216. The Morgan fingerprint density at radius 3 is 2.84 bits per heavy atom. The molecule has 0 amide bonds. The van der Waals surface area contributed by atoms with Gasteiger partial charge < -0.3 is 4.57 Å². The van der Waals surface area contributed by atoms with Gasteiger partial charge in [0.15, 0.2) is 0 Å². The second-order valence-corrected chi connectivity index (χ2v) is 7.77. The molecule has 1 saturated heterocycles. The fourth-order valence-corrected chi connectivity index (χ4v) is 4.24. The third kappa shape index (κ3) is 3.48. The van der Waals surface area contributed by atoms with Gasteiger partial charge in [-0.25, -0.2) is 0 Å². The van der Waals surface area contributed by atoms with Crippen LogP contribution in [0.4, 0.5) is 0 Å². The van der Waals surface area contributed by atoms with Crippen LogP contribution in [0.3, 0.4) is 0 Å². The highest BCUT2D eigenvalue weighted by Gasteiger charge is 2.26. The molecule has 2 heterocycles. The molecule has 0 spiro atoms. The lowest BCUT2D eigenvalue weighted by atomic mass is 10.1. The van der Waals surface area contributed by atoms with E-state index in [1.54, 1.807) is 11.1 Å². The summed E-state index contributed by atoms with van der Waals surface area (Å²) in [6.45, 7) is 6.29. The van der Waals surface area contributed by atoms with Gasteiger partial charge in [0.2, 0.25) is 0 Å². The molecule has 2 aliphatic rings. The Bertz CT molecular complexity index is 751. The third-order valence-electron chi connectivity index (χ3n) is 6.01. The Kier molecular flexibility index (Phi) is 4.61. The van der Waals surface area contributed by atoms with Crippen LogP contribution in [0.15, 0.2) is 18.2 Å². The predicted molar refractivity (Wildman–Crippen MR) is 99.4 cm³/mol. The van der Waals surface area contributed by atoms with Crippen LogP contribution >= 0.6 is 0 Å². The zero-order valence-electron chi connectivity index (χ0n) is 15.7. The molecule has 25 heavy (non-hydrogen) atoms. The molecular formula is C20H29N5. The standard InChI is InChI=1S/C20H29N5/c1-15-21-22-20(24(15)3)14-23(2)19-9-10-25(13-19)12-16-7-8-17-5-4-6-18(17)11-16/h7-8,11,19H,4-6,9-10,12-14H2,1-3H3. The maximum Gasteiger partial charge on any atom is 0.146 e. The van der Waals surface area contributed by atoms with Crippen molar-refractivity contribution in [3.05, 3.63) is 46.5 Å². The minimum atomic E-state index is 0.603. The smallest absolute Gasteiger partial charge is 0.146 e. The summed E-state index contributed by atoms with van der Waals surface area (Å²) >= 11 is 0. The van der Waals surface area contributed by atoms with E-state index in [1.165, 1.54) is 37.8 Å². The Hall–Kier alpha value is -1.72. The molecule has 1 atom stereocenters. The first-order valence-electron chi connectivity index (χ1n) is 9.48. The van der Waals surface area contributed by atoms with E-state index in [0.29, 0.717) is 6.04 Å². The minimum absolute atomic E-state index is 0.603. The molecule has 1 unspecified atom stereocenters. The zero-order valence-corrected chi connectivity index (χ0v) is 15.7. The number of likely N-dealkylation sites (N-methyl/N-ethyl adjacent to an activating group) is 1. The molecule has 2 aromatic rings. The van der Waals surface area contributed by atoms with E-state index in [4.69, 9.17) is 0 Å². The van der Waals surface area contributed by atoms with E-state index in [9.17, 15) is 0 Å². The highest BCUT2D eigenvalue weighted by atomic mass is 15.3. The van der Waals surface area contributed by atoms with E-state index in [-0.39, 0.29) is 0 Å². The lowest BCUT2D eigenvalue weighted by Gasteiger charge is -2.24. The summed E-state index contributed by atoms with van der Waals surface area (Å²) in [6.07, 6.45) is 5.11. The van der Waals surface area contributed by atoms with Crippen LogP contribution in [-0.2, 0) is 33.0 Å². The summed E-state index contributed by atoms with van der Waals surface area (Å²) in [5.41, 5.74) is 4.64. The van der Waals surface area contributed by atoms with Gasteiger partial charge in [-0.1, -0.05) is 18.2 Å². The molecule has 4 rings (SSSR count). The zero-order chi connectivity index (χ0) is 17.4. The molecule has 1 aromatic heterocycles. The first kappa shape index (κ1) is 16.7. The van der Waals surface area contributed by atoms with Crippen molar-refractivity contribution in [2.24, 2.45) is 7.05 Å². The van der Waals surface area contributed by atoms with Crippen molar-refractivity contribution < 1.29 is 0 Å². The fraction of sp³-hybridized carbons (Fsp3) is 0.600. The van der Waals surface area contributed by atoms with Crippen molar-refractivity contribution in [3.63, 3.8) is 0 Å². The van der Waals surface area contributed by atoms with E-state index < -0.39 is 0 Å². The number of benzene rings is 1. The van der Waals surface area contributed by atoms with Gasteiger partial charge >= 0.3 is 0 Å². The highest BCUT2D eigenvalue weighted by molar-refractivity contribution is 5.35. The molecule has 0 radical (unpaired) electrons. The number of aromatic nitrogens is 3. The topological polar surface area (TPSA) is 37.2 Å². The monoisotopic (exact) mass is 339 g/mol. The molecule has 1 aliphatic carbocycles. The van der Waals surface area contributed by atoms with Crippen LogP contribution < -0.4 is 0 Å². The summed E-state index contributed by atoms with van der Waals surface area (Å²) in [7, 11) is 4.26. The summed E-state index contributed by atoms with van der Waals surface area (Å²) in [5.74, 6) is 2.03. The van der Waals surface area contributed by atoms with Crippen LogP contribution in [0.5, 0.6) is 0 Å². The van der Waals surface area contributed by atoms with Gasteiger partial charge in [-0.15, -0.1) is 10.2 Å². The van der Waals surface area contributed by atoms with E-state index >= 15 is 0 Å². The van der Waals surface area contributed by atoms with Crippen molar-refractivity contribution in [2.45, 2.75) is 51.7 Å². The average Bonchev–Trinajstić information content (AvgIpc) is 3.31. The van der Waals surface area contributed by atoms with Crippen LogP contribution in [0, 0.1) is 6.92 Å². The molecule has 1 aromatic carbocycles. The molecule has 5 nitrogen and oxygen atoms in total. The minimum Gasteiger partial charge on any atom is -0.317 e. The molecule has 1 fully saturated rings. The largest absolute Gasteiger partial charge is 0.317 e. The molecule has 134 valence electrons. The third-order valence-corrected chi connectivity index (χ3v) is 6.01. The first-order chi connectivity index (χ1) is 12.1. The van der Waals surface area contributed by atoms with Crippen LogP contribution in [-0.4, -0.2) is 50.7 Å². The molecular weight excluding hydrogens is 310 g/mol. The van der Waals surface area contributed by atoms with Gasteiger partial charge in [0.05, 0.1) is 6.54 Å². The van der Waals surface area contributed by atoms with Gasteiger partial charge in [-0.2, -0.15) is 0 Å². The second kappa shape index (κ2) is 6.89. The summed E-state index contributed by atoms with van der Waals surface area (Å²) < 4.78 is 2.09. The first-order valence-corrected chi connectivity index (χ1v) is 9.48. The van der Waals surface area contributed by atoms with Crippen molar-refractivity contribution >= 4 is 0 Å². The molecule has 0 N–H and O–H groups in total. The number of nitrogens with zero attached hydrogens (tertiary/aromatic N) is 5. The highest BCUT2D eigenvalue weighted by Crippen LogP contribution is 2.25. The van der Waals surface area contributed by atoms with Crippen molar-refractivity contribution in [3.8, 4) is 0 Å². The lowest BCUT2D eigenvalue weighted by Crippen LogP contribution is -2.34.